The van der Waals surface area contributed by atoms with E-state index in [1.807, 2.05) is 30.0 Å². The van der Waals surface area contributed by atoms with Gasteiger partial charge in [-0.3, -0.25) is 0 Å². The van der Waals surface area contributed by atoms with E-state index in [9.17, 15) is 5.11 Å². The fraction of sp³-hybridized carbons (Fsp3) is 0.538. The molecule has 17 heavy (non-hydrogen) atoms. The third-order valence-corrected chi connectivity index (χ3v) is 2.68. The fourth-order valence-electron chi connectivity index (χ4n) is 1.82. The van der Waals surface area contributed by atoms with Crippen LogP contribution in [0.25, 0.3) is 0 Å². The summed E-state index contributed by atoms with van der Waals surface area (Å²) < 4.78 is 5.05. The molecule has 4 heteroatoms. The second kappa shape index (κ2) is 7.27. The molecule has 1 aromatic rings. The molecular formula is C13H21NO3. The first kappa shape index (κ1) is 14.0. The zero-order valence-electron chi connectivity index (χ0n) is 10.5. The van der Waals surface area contributed by atoms with Gasteiger partial charge < -0.3 is 19.8 Å². The fourth-order valence-corrected chi connectivity index (χ4v) is 1.82. The van der Waals surface area contributed by atoms with E-state index < -0.39 is 0 Å². The Balaban J connectivity index is 2.91. The molecule has 0 radical (unpaired) electrons. The van der Waals surface area contributed by atoms with Gasteiger partial charge in [0.25, 0.3) is 0 Å². The number of aliphatic hydroxyl groups excluding tert-OH is 2. The average Bonchev–Trinajstić information content (AvgIpc) is 2.34. The van der Waals surface area contributed by atoms with Crippen molar-refractivity contribution in [1.29, 1.82) is 0 Å². The van der Waals surface area contributed by atoms with E-state index in [2.05, 4.69) is 0 Å². The van der Waals surface area contributed by atoms with Crippen LogP contribution in [0.2, 0.25) is 0 Å². The van der Waals surface area contributed by atoms with Gasteiger partial charge in [-0.05, 0) is 13.0 Å². The lowest BCUT2D eigenvalue weighted by atomic mass is 10.1. The van der Waals surface area contributed by atoms with E-state index in [0.717, 1.165) is 16.8 Å². The SMILES string of the molecule is COCCN(CCO)c1ccc(C)cc1CO. The number of hydrogen-bond donors (Lipinski definition) is 2. The molecule has 0 aliphatic rings. The Morgan fingerprint density at radius 3 is 2.59 bits per heavy atom. The smallest absolute Gasteiger partial charge is 0.0702 e. The summed E-state index contributed by atoms with van der Waals surface area (Å²) >= 11 is 0. The van der Waals surface area contributed by atoms with Gasteiger partial charge in [-0.25, -0.2) is 0 Å². The van der Waals surface area contributed by atoms with Gasteiger partial charge in [0.15, 0.2) is 0 Å². The Morgan fingerprint density at radius 2 is 2.00 bits per heavy atom. The van der Waals surface area contributed by atoms with Gasteiger partial charge in [0.1, 0.15) is 0 Å². The van der Waals surface area contributed by atoms with Gasteiger partial charge in [0, 0.05) is 31.5 Å². The van der Waals surface area contributed by atoms with Gasteiger partial charge in [-0.15, -0.1) is 0 Å². The lowest BCUT2D eigenvalue weighted by molar-refractivity contribution is 0.202. The van der Waals surface area contributed by atoms with Crippen LogP contribution < -0.4 is 4.90 Å². The van der Waals surface area contributed by atoms with Crippen molar-refractivity contribution < 1.29 is 14.9 Å². The largest absolute Gasteiger partial charge is 0.395 e. The highest BCUT2D eigenvalue weighted by Gasteiger charge is 2.10. The molecule has 0 spiro atoms. The van der Waals surface area contributed by atoms with Crippen LogP contribution in [-0.2, 0) is 11.3 Å². The molecule has 96 valence electrons. The van der Waals surface area contributed by atoms with Crippen molar-refractivity contribution in [3.63, 3.8) is 0 Å². The highest BCUT2D eigenvalue weighted by molar-refractivity contribution is 5.54. The number of hydrogen-bond acceptors (Lipinski definition) is 4. The summed E-state index contributed by atoms with van der Waals surface area (Å²) in [7, 11) is 1.65. The summed E-state index contributed by atoms with van der Waals surface area (Å²) in [5, 5.41) is 18.4. The molecular weight excluding hydrogens is 218 g/mol. The maximum absolute atomic E-state index is 9.36. The first-order chi connectivity index (χ1) is 8.22. The van der Waals surface area contributed by atoms with Crippen molar-refractivity contribution in [2.24, 2.45) is 0 Å². The molecule has 1 aromatic carbocycles. The van der Waals surface area contributed by atoms with Gasteiger partial charge in [0.2, 0.25) is 0 Å². The summed E-state index contributed by atoms with van der Waals surface area (Å²) in [6, 6.07) is 5.95. The summed E-state index contributed by atoms with van der Waals surface area (Å²) in [4.78, 5) is 2.02. The minimum Gasteiger partial charge on any atom is -0.395 e. The molecule has 0 heterocycles. The summed E-state index contributed by atoms with van der Waals surface area (Å²) in [5.74, 6) is 0. The quantitative estimate of drug-likeness (QED) is 0.743. The minimum atomic E-state index is 0.00588. The van der Waals surface area contributed by atoms with Gasteiger partial charge >= 0.3 is 0 Å². The lowest BCUT2D eigenvalue weighted by Gasteiger charge is -2.26. The van der Waals surface area contributed by atoms with Gasteiger partial charge in [-0.2, -0.15) is 0 Å². The van der Waals surface area contributed by atoms with Crippen molar-refractivity contribution in [2.75, 3.05) is 38.3 Å². The van der Waals surface area contributed by atoms with Crippen LogP contribution in [0.15, 0.2) is 18.2 Å². The minimum absolute atomic E-state index is 0.00588. The van der Waals surface area contributed by atoms with E-state index >= 15 is 0 Å². The van der Waals surface area contributed by atoms with Gasteiger partial charge in [-0.1, -0.05) is 17.7 Å². The van der Waals surface area contributed by atoms with Crippen molar-refractivity contribution in [3.05, 3.63) is 29.3 Å². The predicted molar refractivity (Wildman–Crippen MR) is 68.3 cm³/mol. The number of methoxy groups -OCH3 is 1. The Bertz CT molecular complexity index is 341. The van der Waals surface area contributed by atoms with E-state index in [4.69, 9.17) is 9.84 Å². The zero-order valence-corrected chi connectivity index (χ0v) is 10.5. The van der Waals surface area contributed by atoms with Crippen LogP contribution in [0.4, 0.5) is 5.69 Å². The van der Waals surface area contributed by atoms with Crippen LogP contribution >= 0.6 is 0 Å². The highest BCUT2D eigenvalue weighted by Crippen LogP contribution is 2.21. The molecule has 0 fully saturated rings. The maximum Gasteiger partial charge on any atom is 0.0702 e. The molecule has 0 unspecified atom stereocenters. The lowest BCUT2D eigenvalue weighted by Crippen LogP contribution is -2.31. The maximum atomic E-state index is 9.36. The number of nitrogens with zero attached hydrogens (tertiary/aromatic N) is 1. The first-order valence-corrected chi connectivity index (χ1v) is 5.78. The van der Waals surface area contributed by atoms with Crippen LogP contribution in [-0.4, -0.2) is 43.6 Å². The molecule has 0 amide bonds. The Labute approximate surface area is 102 Å². The van der Waals surface area contributed by atoms with Crippen molar-refractivity contribution in [3.8, 4) is 0 Å². The molecule has 0 bridgehead atoms. The zero-order chi connectivity index (χ0) is 12.7. The standard InChI is InChI=1S/C13H21NO3/c1-11-3-4-13(12(9-11)10-16)14(5-7-15)6-8-17-2/h3-4,9,15-16H,5-8,10H2,1-2H3. The van der Waals surface area contributed by atoms with Gasteiger partial charge in [0.05, 0.1) is 19.8 Å². The highest BCUT2D eigenvalue weighted by atomic mass is 16.5. The first-order valence-electron chi connectivity index (χ1n) is 5.78. The number of aliphatic hydroxyl groups is 2. The summed E-state index contributed by atoms with van der Waals surface area (Å²) in [6.45, 7) is 3.92. The number of benzene rings is 1. The average molecular weight is 239 g/mol. The topological polar surface area (TPSA) is 52.9 Å². The monoisotopic (exact) mass is 239 g/mol. The van der Waals surface area contributed by atoms with Crippen LogP contribution in [0, 0.1) is 6.92 Å². The molecule has 2 N–H and O–H groups in total. The molecule has 1 rings (SSSR count). The summed E-state index contributed by atoms with van der Waals surface area (Å²) in [5.41, 5.74) is 2.97. The Kier molecular flexibility index (Phi) is 5.97. The van der Waals surface area contributed by atoms with Crippen LogP contribution in [0.3, 0.4) is 0 Å². The molecule has 0 aromatic heterocycles. The van der Waals surface area contributed by atoms with E-state index in [1.165, 1.54) is 0 Å². The van der Waals surface area contributed by atoms with Crippen molar-refractivity contribution >= 4 is 5.69 Å². The number of ether oxygens (including phenoxy) is 1. The normalized spacial score (nSPS) is 10.6. The third-order valence-electron chi connectivity index (χ3n) is 2.68. The molecule has 0 aliphatic carbocycles. The van der Waals surface area contributed by atoms with E-state index in [-0.39, 0.29) is 13.2 Å². The number of rotatable bonds is 7. The van der Waals surface area contributed by atoms with Crippen LogP contribution in [0.1, 0.15) is 11.1 Å². The second-order valence-electron chi connectivity index (χ2n) is 3.99. The molecule has 0 saturated carbocycles. The predicted octanol–water partition coefficient (Wildman–Crippen LogP) is 0.932. The van der Waals surface area contributed by atoms with Crippen molar-refractivity contribution in [1.82, 2.24) is 0 Å². The van der Waals surface area contributed by atoms with Crippen molar-refractivity contribution in [2.45, 2.75) is 13.5 Å². The molecule has 0 atom stereocenters. The second-order valence-corrected chi connectivity index (χ2v) is 3.99. The molecule has 4 nitrogen and oxygen atoms in total. The number of aryl methyl sites for hydroxylation is 1. The molecule has 0 aliphatic heterocycles. The van der Waals surface area contributed by atoms with Crippen LogP contribution in [0.5, 0.6) is 0 Å². The Morgan fingerprint density at radius 1 is 1.24 bits per heavy atom. The summed E-state index contributed by atoms with van der Waals surface area (Å²) in [6.07, 6.45) is 0. The van der Waals surface area contributed by atoms with E-state index in [1.54, 1.807) is 7.11 Å². The number of anilines is 1. The van der Waals surface area contributed by atoms with E-state index in [0.29, 0.717) is 19.7 Å². The Hall–Kier alpha value is -1.10. The molecule has 0 saturated heterocycles. The third kappa shape index (κ3) is 4.00.